The molecule has 3 nitrogen and oxygen atoms in total. The molecule has 0 atom stereocenters. The molecule has 0 aliphatic heterocycles. The number of rotatable bonds is 2. The lowest BCUT2D eigenvalue weighted by Crippen LogP contribution is -2.13. The van der Waals surface area contributed by atoms with E-state index in [1.165, 1.54) is 0 Å². The van der Waals surface area contributed by atoms with E-state index in [0.717, 1.165) is 19.1 Å². The lowest BCUT2D eigenvalue weighted by atomic mass is 10.1. The summed E-state index contributed by atoms with van der Waals surface area (Å²) in [6.07, 6.45) is 0. The summed E-state index contributed by atoms with van der Waals surface area (Å²) >= 11 is 0. The summed E-state index contributed by atoms with van der Waals surface area (Å²) in [6.45, 7) is 1.12. The molecule has 0 spiro atoms. The Bertz CT molecular complexity index is 402. The SMILES string of the molecule is CC(=O)/C(=N\O)c1ccc(F)cc1F. The smallest absolute Gasteiger partial charge is 0.182 e. The van der Waals surface area contributed by atoms with Gasteiger partial charge in [-0.05, 0) is 12.1 Å². The molecule has 1 aromatic rings. The van der Waals surface area contributed by atoms with Crippen molar-refractivity contribution in [1.82, 2.24) is 0 Å². The number of oxime groups is 1. The van der Waals surface area contributed by atoms with E-state index in [-0.39, 0.29) is 5.56 Å². The third-order valence-corrected chi connectivity index (χ3v) is 1.62. The maximum absolute atomic E-state index is 13.1. The second-order valence-corrected chi connectivity index (χ2v) is 2.63. The Labute approximate surface area is 78.7 Å². The summed E-state index contributed by atoms with van der Waals surface area (Å²) in [6, 6.07) is 2.64. The van der Waals surface area contributed by atoms with Crippen LogP contribution >= 0.6 is 0 Å². The van der Waals surface area contributed by atoms with Crippen molar-refractivity contribution in [2.75, 3.05) is 0 Å². The molecule has 1 rings (SSSR count). The van der Waals surface area contributed by atoms with Crippen LogP contribution in [-0.2, 0) is 4.79 Å². The number of ketones is 1. The van der Waals surface area contributed by atoms with Gasteiger partial charge in [0.1, 0.15) is 11.6 Å². The van der Waals surface area contributed by atoms with Gasteiger partial charge in [-0.25, -0.2) is 8.78 Å². The van der Waals surface area contributed by atoms with Crippen molar-refractivity contribution in [3.8, 4) is 0 Å². The van der Waals surface area contributed by atoms with Gasteiger partial charge < -0.3 is 5.21 Å². The van der Waals surface area contributed by atoms with Crippen molar-refractivity contribution in [1.29, 1.82) is 0 Å². The molecule has 0 saturated heterocycles. The van der Waals surface area contributed by atoms with E-state index in [1.54, 1.807) is 0 Å². The first-order chi connectivity index (χ1) is 6.56. The topological polar surface area (TPSA) is 49.7 Å². The number of benzene rings is 1. The number of carbonyl (C=O) groups is 1. The average Bonchev–Trinajstić information content (AvgIpc) is 2.09. The predicted molar refractivity (Wildman–Crippen MR) is 45.4 cm³/mol. The quantitative estimate of drug-likeness (QED) is 0.448. The minimum Gasteiger partial charge on any atom is -0.410 e. The maximum Gasteiger partial charge on any atom is 0.182 e. The first kappa shape index (κ1) is 10.3. The van der Waals surface area contributed by atoms with Crippen LogP contribution in [0, 0.1) is 11.6 Å². The van der Waals surface area contributed by atoms with Crippen LogP contribution in [0.5, 0.6) is 0 Å². The van der Waals surface area contributed by atoms with Gasteiger partial charge in [0.25, 0.3) is 0 Å². The first-order valence-electron chi connectivity index (χ1n) is 3.74. The molecule has 0 heterocycles. The second kappa shape index (κ2) is 3.95. The molecule has 0 fully saturated rings. The second-order valence-electron chi connectivity index (χ2n) is 2.63. The van der Waals surface area contributed by atoms with Gasteiger partial charge in [0.2, 0.25) is 0 Å². The Kier molecular flexibility index (Phi) is 2.91. The minimum absolute atomic E-state index is 0.221. The molecule has 5 heteroatoms. The molecular formula is C9H7F2NO2. The largest absolute Gasteiger partial charge is 0.410 e. The first-order valence-corrected chi connectivity index (χ1v) is 3.74. The molecule has 0 amide bonds. The Morgan fingerprint density at radius 3 is 2.50 bits per heavy atom. The number of hydrogen-bond acceptors (Lipinski definition) is 3. The number of carbonyl (C=O) groups excluding carboxylic acids is 1. The summed E-state index contributed by atoms with van der Waals surface area (Å²) in [7, 11) is 0. The van der Waals surface area contributed by atoms with E-state index in [0.29, 0.717) is 6.07 Å². The average molecular weight is 199 g/mol. The van der Waals surface area contributed by atoms with E-state index in [1.807, 2.05) is 0 Å². The molecule has 0 radical (unpaired) electrons. The summed E-state index contributed by atoms with van der Waals surface area (Å²) in [5.74, 6) is -2.29. The van der Waals surface area contributed by atoms with E-state index < -0.39 is 23.1 Å². The number of hydrogen-bond donors (Lipinski definition) is 1. The highest BCUT2D eigenvalue weighted by molar-refractivity contribution is 6.45. The molecule has 14 heavy (non-hydrogen) atoms. The number of halogens is 2. The number of Topliss-reactive ketones (excluding diaryl/α,β-unsaturated/α-hetero) is 1. The molecule has 0 aromatic heterocycles. The Morgan fingerprint density at radius 2 is 2.07 bits per heavy atom. The Balaban J connectivity index is 3.25. The van der Waals surface area contributed by atoms with Crippen molar-refractivity contribution < 1.29 is 18.8 Å². The summed E-state index contributed by atoms with van der Waals surface area (Å²) < 4.78 is 25.6. The van der Waals surface area contributed by atoms with Crippen LogP contribution in [0.2, 0.25) is 0 Å². The fraction of sp³-hybridized carbons (Fsp3) is 0.111. The molecule has 0 unspecified atom stereocenters. The molecule has 0 aliphatic rings. The van der Waals surface area contributed by atoms with Gasteiger partial charge in [0.15, 0.2) is 11.5 Å². The van der Waals surface area contributed by atoms with Gasteiger partial charge in [-0.1, -0.05) is 5.16 Å². The van der Waals surface area contributed by atoms with Crippen LogP contribution < -0.4 is 0 Å². The molecule has 1 N–H and O–H groups in total. The Morgan fingerprint density at radius 1 is 1.43 bits per heavy atom. The van der Waals surface area contributed by atoms with E-state index in [2.05, 4.69) is 5.16 Å². The highest BCUT2D eigenvalue weighted by Crippen LogP contribution is 2.11. The molecule has 74 valence electrons. The zero-order valence-corrected chi connectivity index (χ0v) is 7.29. The third-order valence-electron chi connectivity index (χ3n) is 1.62. The van der Waals surface area contributed by atoms with Gasteiger partial charge in [0, 0.05) is 18.6 Å². The monoisotopic (exact) mass is 199 g/mol. The minimum atomic E-state index is -0.937. The van der Waals surface area contributed by atoms with Crippen LogP contribution in [0.3, 0.4) is 0 Å². The zero-order chi connectivity index (χ0) is 10.7. The normalized spacial score (nSPS) is 11.5. The van der Waals surface area contributed by atoms with Crippen LogP contribution in [0.15, 0.2) is 23.4 Å². The third kappa shape index (κ3) is 1.93. The molecule has 1 aromatic carbocycles. The van der Waals surface area contributed by atoms with Crippen LogP contribution in [0.25, 0.3) is 0 Å². The van der Waals surface area contributed by atoms with Crippen molar-refractivity contribution in [2.24, 2.45) is 5.16 Å². The van der Waals surface area contributed by atoms with E-state index in [4.69, 9.17) is 5.21 Å². The molecule has 0 bridgehead atoms. The Hall–Kier alpha value is -1.78. The van der Waals surface area contributed by atoms with E-state index >= 15 is 0 Å². The van der Waals surface area contributed by atoms with Gasteiger partial charge in [-0.3, -0.25) is 4.79 Å². The highest BCUT2D eigenvalue weighted by Gasteiger charge is 2.15. The van der Waals surface area contributed by atoms with Crippen molar-refractivity contribution >= 4 is 11.5 Å². The van der Waals surface area contributed by atoms with Gasteiger partial charge in [-0.2, -0.15) is 0 Å². The molecule has 0 saturated carbocycles. The number of nitrogens with zero attached hydrogens (tertiary/aromatic N) is 1. The lowest BCUT2D eigenvalue weighted by Gasteiger charge is -2.01. The fourth-order valence-corrected chi connectivity index (χ4v) is 0.995. The van der Waals surface area contributed by atoms with Crippen LogP contribution in [0.4, 0.5) is 8.78 Å². The lowest BCUT2D eigenvalue weighted by molar-refractivity contribution is -0.111. The fourth-order valence-electron chi connectivity index (χ4n) is 0.995. The molecule has 0 aliphatic carbocycles. The van der Waals surface area contributed by atoms with Gasteiger partial charge >= 0.3 is 0 Å². The van der Waals surface area contributed by atoms with Crippen LogP contribution in [-0.4, -0.2) is 16.7 Å². The van der Waals surface area contributed by atoms with Crippen molar-refractivity contribution in [3.63, 3.8) is 0 Å². The molecular weight excluding hydrogens is 192 g/mol. The predicted octanol–water partition coefficient (Wildman–Crippen LogP) is 1.73. The van der Waals surface area contributed by atoms with E-state index in [9.17, 15) is 13.6 Å². The standard InChI is InChI=1S/C9H7F2NO2/c1-5(13)9(12-14)7-3-2-6(10)4-8(7)11/h2-4,14H,1H3/b12-9+. The van der Waals surface area contributed by atoms with Crippen LogP contribution in [0.1, 0.15) is 12.5 Å². The van der Waals surface area contributed by atoms with Gasteiger partial charge in [0.05, 0.1) is 0 Å². The zero-order valence-electron chi connectivity index (χ0n) is 7.29. The maximum atomic E-state index is 13.1. The van der Waals surface area contributed by atoms with Gasteiger partial charge in [-0.15, -0.1) is 0 Å². The highest BCUT2D eigenvalue weighted by atomic mass is 19.1. The summed E-state index contributed by atoms with van der Waals surface area (Å²) in [5.41, 5.74) is -0.649. The summed E-state index contributed by atoms with van der Waals surface area (Å²) in [5, 5.41) is 11.1. The summed E-state index contributed by atoms with van der Waals surface area (Å²) in [4.78, 5) is 10.9. The van der Waals surface area contributed by atoms with Crippen molar-refractivity contribution in [2.45, 2.75) is 6.92 Å². The van der Waals surface area contributed by atoms with Crippen molar-refractivity contribution in [3.05, 3.63) is 35.4 Å².